The maximum atomic E-state index is 12.8. The van der Waals surface area contributed by atoms with Crippen molar-refractivity contribution in [2.24, 2.45) is 5.92 Å². The van der Waals surface area contributed by atoms with Gasteiger partial charge in [-0.15, -0.1) is 0 Å². The summed E-state index contributed by atoms with van der Waals surface area (Å²) in [7, 11) is 0. The highest BCUT2D eigenvalue weighted by molar-refractivity contribution is 5.96. The SMILES string of the molecule is CCCN1CCN(C(=O)c2cn3c(n2)C(=O)N(CC2CC2)CC3)CC1. The molecule has 0 radical (unpaired) electrons. The van der Waals surface area contributed by atoms with E-state index in [1.54, 1.807) is 6.20 Å². The first-order valence-electron chi connectivity index (χ1n) is 9.53. The van der Waals surface area contributed by atoms with E-state index in [4.69, 9.17) is 0 Å². The molecule has 0 atom stereocenters. The van der Waals surface area contributed by atoms with Crippen LogP contribution in [0.2, 0.25) is 0 Å². The molecular weight excluding hydrogens is 318 g/mol. The largest absolute Gasteiger partial charge is 0.335 e. The lowest BCUT2D eigenvalue weighted by atomic mass is 10.2. The van der Waals surface area contributed by atoms with Crippen LogP contribution in [0.5, 0.6) is 0 Å². The molecule has 2 aliphatic heterocycles. The number of piperazine rings is 1. The Balaban J connectivity index is 1.42. The van der Waals surface area contributed by atoms with Crippen LogP contribution in [0.3, 0.4) is 0 Å². The maximum Gasteiger partial charge on any atom is 0.289 e. The first kappa shape index (κ1) is 16.6. The molecule has 2 amide bonds. The highest BCUT2D eigenvalue weighted by atomic mass is 16.2. The molecule has 1 aromatic heterocycles. The lowest BCUT2D eigenvalue weighted by Gasteiger charge is -2.34. The molecule has 4 rings (SSSR count). The Hall–Kier alpha value is -1.89. The van der Waals surface area contributed by atoms with Crippen molar-refractivity contribution in [2.45, 2.75) is 32.7 Å². The molecule has 1 aliphatic carbocycles. The van der Waals surface area contributed by atoms with E-state index in [9.17, 15) is 9.59 Å². The van der Waals surface area contributed by atoms with Gasteiger partial charge in [0.25, 0.3) is 11.8 Å². The van der Waals surface area contributed by atoms with E-state index in [0.717, 1.165) is 58.8 Å². The van der Waals surface area contributed by atoms with Gasteiger partial charge in [-0.2, -0.15) is 0 Å². The van der Waals surface area contributed by atoms with Crippen molar-refractivity contribution in [1.82, 2.24) is 24.3 Å². The number of imidazole rings is 1. The molecule has 3 heterocycles. The third-order valence-corrected chi connectivity index (χ3v) is 5.46. The third kappa shape index (κ3) is 3.42. The third-order valence-electron chi connectivity index (χ3n) is 5.46. The van der Waals surface area contributed by atoms with Gasteiger partial charge in [0, 0.05) is 52.0 Å². The number of hydrogen-bond acceptors (Lipinski definition) is 4. The number of nitrogens with zero attached hydrogens (tertiary/aromatic N) is 5. The minimum absolute atomic E-state index is 0.0232. The zero-order chi connectivity index (χ0) is 17.4. The van der Waals surface area contributed by atoms with E-state index < -0.39 is 0 Å². The van der Waals surface area contributed by atoms with Crippen molar-refractivity contribution in [1.29, 1.82) is 0 Å². The smallest absolute Gasteiger partial charge is 0.289 e. The fourth-order valence-corrected chi connectivity index (χ4v) is 3.77. The second kappa shape index (κ2) is 6.78. The van der Waals surface area contributed by atoms with Crippen LogP contribution in [0, 0.1) is 5.92 Å². The number of carbonyl (C=O) groups excluding carboxylic acids is 2. The summed E-state index contributed by atoms with van der Waals surface area (Å²) >= 11 is 0. The minimum Gasteiger partial charge on any atom is -0.335 e. The Labute approximate surface area is 148 Å². The summed E-state index contributed by atoms with van der Waals surface area (Å²) in [6.45, 7) is 8.88. The van der Waals surface area contributed by atoms with Crippen LogP contribution in [0.15, 0.2) is 6.20 Å². The standard InChI is InChI=1S/C18H27N5O2/c1-2-5-20-6-8-21(9-7-20)17(24)15-13-22-10-11-23(12-14-3-4-14)18(25)16(22)19-15/h13-14H,2-12H2,1H3. The molecule has 136 valence electrons. The van der Waals surface area contributed by atoms with Gasteiger partial charge in [-0.05, 0) is 31.7 Å². The Morgan fingerprint density at radius 3 is 2.60 bits per heavy atom. The molecule has 1 saturated carbocycles. The summed E-state index contributed by atoms with van der Waals surface area (Å²) in [5.41, 5.74) is 0.417. The molecule has 1 aromatic rings. The first-order chi connectivity index (χ1) is 12.2. The molecule has 0 bridgehead atoms. The number of fused-ring (bicyclic) bond motifs is 1. The average molecular weight is 345 g/mol. The minimum atomic E-state index is -0.0420. The van der Waals surface area contributed by atoms with Gasteiger partial charge in [0.15, 0.2) is 5.82 Å². The molecule has 25 heavy (non-hydrogen) atoms. The molecule has 1 saturated heterocycles. The van der Waals surface area contributed by atoms with Gasteiger partial charge in [-0.1, -0.05) is 6.92 Å². The molecule has 0 spiro atoms. The predicted molar refractivity (Wildman–Crippen MR) is 93.5 cm³/mol. The van der Waals surface area contributed by atoms with Gasteiger partial charge in [0.1, 0.15) is 5.69 Å². The summed E-state index contributed by atoms with van der Waals surface area (Å²) in [6, 6.07) is 0. The summed E-state index contributed by atoms with van der Waals surface area (Å²) < 4.78 is 1.85. The molecule has 7 nitrogen and oxygen atoms in total. The van der Waals surface area contributed by atoms with Gasteiger partial charge < -0.3 is 14.4 Å². The number of carbonyl (C=O) groups is 2. The van der Waals surface area contributed by atoms with E-state index >= 15 is 0 Å². The normalized spacial score (nSPS) is 21.6. The zero-order valence-corrected chi connectivity index (χ0v) is 15.0. The Morgan fingerprint density at radius 1 is 1.16 bits per heavy atom. The lowest BCUT2D eigenvalue weighted by Crippen LogP contribution is -2.48. The van der Waals surface area contributed by atoms with E-state index in [1.807, 2.05) is 14.4 Å². The van der Waals surface area contributed by atoms with Gasteiger partial charge in [-0.3, -0.25) is 14.5 Å². The molecule has 2 fully saturated rings. The Morgan fingerprint density at radius 2 is 1.92 bits per heavy atom. The molecule has 0 N–H and O–H groups in total. The number of amides is 2. The van der Waals surface area contributed by atoms with Crippen LogP contribution in [0.25, 0.3) is 0 Å². The highest BCUT2D eigenvalue weighted by Crippen LogP contribution is 2.30. The molecule has 0 unspecified atom stereocenters. The van der Waals surface area contributed by atoms with Crippen molar-refractivity contribution in [3.05, 3.63) is 17.7 Å². The highest BCUT2D eigenvalue weighted by Gasteiger charge is 2.33. The van der Waals surface area contributed by atoms with Crippen LogP contribution in [-0.4, -0.2) is 81.9 Å². The van der Waals surface area contributed by atoms with Gasteiger partial charge in [0.2, 0.25) is 0 Å². The quantitative estimate of drug-likeness (QED) is 0.796. The first-order valence-corrected chi connectivity index (χ1v) is 9.53. The van der Waals surface area contributed by atoms with Crippen molar-refractivity contribution in [3.8, 4) is 0 Å². The molecular formula is C18H27N5O2. The van der Waals surface area contributed by atoms with Crippen LogP contribution in [0.4, 0.5) is 0 Å². The van der Waals surface area contributed by atoms with Crippen LogP contribution < -0.4 is 0 Å². The molecule has 3 aliphatic rings. The average Bonchev–Trinajstić information content (AvgIpc) is 3.33. The molecule has 7 heteroatoms. The van der Waals surface area contributed by atoms with Gasteiger partial charge in [0.05, 0.1) is 0 Å². The van der Waals surface area contributed by atoms with Crippen molar-refractivity contribution in [2.75, 3.05) is 45.8 Å². The van der Waals surface area contributed by atoms with Crippen molar-refractivity contribution in [3.63, 3.8) is 0 Å². The van der Waals surface area contributed by atoms with E-state index in [0.29, 0.717) is 17.4 Å². The van der Waals surface area contributed by atoms with Crippen molar-refractivity contribution >= 4 is 11.8 Å². The Bertz CT molecular complexity index is 658. The van der Waals surface area contributed by atoms with Crippen LogP contribution in [-0.2, 0) is 6.54 Å². The lowest BCUT2D eigenvalue weighted by molar-refractivity contribution is 0.0632. The van der Waals surface area contributed by atoms with Crippen LogP contribution >= 0.6 is 0 Å². The number of aromatic nitrogens is 2. The number of hydrogen-bond donors (Lipinski definition) is 0. The van der Waals surface area contributed by atoms with E-state index in [-0.39, 0.29) is 11.8 Å². The van der Waals surface area contributed by atoms with Crippen LogP contribution in [0.1, 0.15) is 47.3 Å². The summed E-state index contributed by atoms with van der Waals surface area (Å²) in [5.74, 6) is 1.04. The zero-order valence-electron chi connectivity index (χ0n) is 15.0. The summed E-state index contributed by atoms with van der Waals surface area (Å²) in [6.07, 6.45) is 5.36. The monoisotopic (exact) mass is 345 g/mol. The second-order valence-corrected chi connectivity index (χ2v) is 7.47. The Kier molecular flexibility index (Phi) is 4.50. The number of rotatable bonds is 5. The van der Waals surface area contributed by atoms with E-state index in [2.05, 4.69) is 16.8 Å². The predicted octanol–water partition coefficient (Wildman–Crippen LogP) is 0.917. The fourth-order valence-electron chi connectivity index (χ4n) is 3.77. The van der Waals surface area contributed by atoms with Gasteiger partial charge >= 0.3 is 0 Å². The topological polar surface area (TPSA) is 61.7 Å². The van der Waals surface area contributed by atoms with E-state index in [1.165, 1.54) is 12.8 Å². The van der Waals surface area contributed by atoms with Gasteiger partial charge in [-0.25, -0.2) is 4.98 Å². The van der Waals surface area contributed by atoms with Crippen molar-refractivity contribution < 1.29 is 9.59 Å². The summed E-state index contributed by atoms with van der Waals surface area (Å²) in [4.78, 5) is 35.9. The molecule has 0 aromatic carbocycles. The summed E-state index contributed by atoms with van der Waals surface area (Å²) in [5, 5.41) is 0. The fraction of sp³-hybridized carbons (Fsp3) is 0.722. The second-order valence-electron chi connectivity index (χ2n) is 7.47. The maximum absolute atomic E-state index is 12.8.